The van der Waals surface area contributed by atoms with Crippen LogP contribution in [0, 0.1) is 0 Å². The van der Waals surface area contributed by atoms with E-state index < -0.39 is 12.1 Å². The number of rotatable bonds is 4. The summed E-state index contributed by atoms with van der Waals surface area (Å²) in [6.07, 6.45) is 0.199. The lowest BCUT2D eigenvalue weighted by Crippen LogP contribution is -2.39. The molecule has 0 radical (unpaired) electrons. The molecule has 4 rings (SSSR count). The van der Waals surface area contributed by atoms with E-state index in [1.54, 1.807) is 18.2 Å². The maximum atomic E-state index is 12.1. The van der Waals surface area contributed by atoms with E-state index >= 15 is 0 Å². The van der Waals surface area contributed by atoms with Crippen LogP contribution in [0.3, 0.4) is 0 Å². The molecular weight excluding hydrogens is 445 g/mol. The minimum absolute atomic E-state index is 0.155. The highest BCUT2D eigenvalue weighted by Crippen LogP contribution is 2.38. The van der Waals surface area contributed by atoms with Gasteiger partial charge in [0.1, 0.15) is 0 Å². The number of fused-ring (bicyclic) bond motifs is 1. The van der Waals surface area contributed by atoms with Crippen LogP contribution in [-0.2, 0) is 21.6 Å². The van der Waals surface area contributed by atoms with Crippen molar-refractivity contribution in [3.05, 3.63) is 53.3 Å². The second kappa shape index (κ2) is 10.7. The van der Waals surface area contributed by atoms with E-state index in [9.17, 15) is 18.0 Å². The largest absolute Gasteiger partial charge is 0.395 e. The number of alkyl halides is 3. The highest BCUT2D eigenvalue weighted by Gasteiger charge is 2.41. The number of carbonyl (C=O) groups excluding carboxylic acids is 1. The number of amides is 1. The van der Waals surface area contributed by atoms with Gasteiger partial charge in [0, 0.05) is 37.4 Å². The summed E-state index contributed by atoms with van der Waals surface area (Å²) in [5, 5.41) is 3.39. The summed E-state index contributed by atoms with van der Waals surface area (Å²) < 4.78 is 41.8. The summed E-state index contributed by atoms with van der Waals surface area (Å²) >= 11 is 0. The van der Waals surface area contributed by atoms with Crippen LogP contribution in [0.4, 0.5) is 19.1 Å². The molecule has 6 nitrogen and oxygen atoms in total. The molecular formula is C25H33F3N4O2. The van der Waals surface area contributed by atoms with E-state index in [2.05, 4.69) is 29.1 Å². The van der Waals surface area contributed by atoms with Gasteiger partial charge >= 0.3 is 6.18 Å². The molecule has 2 aliphatic heterocycles. The van der Waals surface area contributed by atoms with E-state index in [-0.39, 0.29) is 11.4 Å². The molecule has 1 amide bonds. The van der Waals surface area contributed by atoms with E-state index in [4.69, 9.17) is 4.74 Å². The molecule has 1 aromatic carbocycles. The van der Waals surface area contributed by atoms with Crippen molar-refractivity contribution in [1.82, 2.24) is 14.9 Å². The monoisotopic (exact) mass is 478 g/mol. The average molecular weight is 479 g/mol. The molecule has 1 atom stereocenters. The Labute approximate surface area is 198 Å². The highest BCUT2D eigenvalue weighted by molar-refractivity contribution is 5.77. The van der Waals surface area contributed by atoms with Crippen molar-refractivity contribution in [2.24, 2.45) is 0 Å². The lowest BCUT2D eigenvalue weighted by atomic mass is 9.97. The number of anilines is 1. The smallest absolute Gasteiger partial charge is 0.381 e. The molecule has 1 aromatic heterocycles. The molecule has 1 saturated heterocycles. The number of carbonyl (C=O) groups is 1. The van der Waals surface area contributed by atoms with Crippen molar-refractivity contribution in [3.63, 3.8) is 0 Å². The Morgan fingerprint density at radius 1 is 1.24 bits per heavy atom. The minimum atomic E-state index is -4.14. The van der Waals surface area contributed by atoms with E-state index in [0.717, 1.165) is 44.2 Å². The van der Waals surface area contributed by atoms with Crippen molar-refractivity contribution >= 4 is 11.9 Å². The molecule has 0 bridgehead atoms. The van der Waals surface area contributed by atoms with E-state index in [1.165, 1.54) is 12.1 Å². The SMILES string of the molecule is CC(c1ccccc1)C(F)(F)F.CCC(=O)N1Cc2nc(NC3CCOCC3)ncc2C1(C)C. The Kier molecular flexibility index (Phi) is 8.17. The predicted octanol–water partition coefficient (Wildman–Crippen LogP) is 5.41. The first-order chi connectivity index (χ1) is 16.0. The van der Waals surface area contributed by atoms with Crippen molar-refractivity contribution in [2.45, 2.75) is 77.2 Å². The molecule has 34 heavy (non-hydrogen) atoms. The first-order valence-corrected chi connectivity index (χ1v) is 11.7. The van der Waals surface area contributed by atoms with Crippen LogP contribution in [0.2, 0.25) is 0 Å². The number of nitrogens with zero attached hydrogens (tertiary/aromatic N) is 3. The fourth-order valence-corrected chi connectivity index (χ4v) is 4.16. The Morgan fingerprint density at radius 2 is 1.88 bits per heavy atom. The summed E-state index contributed by atoms with van der Waals surface area (Å²) in [5.74, 6) is -0.562. The molecule has 2 aliphatic rings. The zero-order valence-electron chi connectivity index (χ0n) is 20.2. The quantitative estimate of drug-likeness (QED) is 0.637. The minimum Gasteiger partial charge on any atom is -0.381 e. The average Bonchev–Trinajstić information content (AvgIpc) is 3.09. The van der Waals surface area contributed by atoms with Crippen LogP contribution >= 0.6 is 0 Å². The fraction of sp³-hybridized carbons (Fsp3) is 0.560. The number of ether oxygens (including phenoxy) is 1. The molecule has 2 aromatic rings. The molecule has 0 aliphatic carbocycles. The van der Waals surface area contributed by atoms with Gasteiger partial charge in [0.2, 0.25) is 11.9 Å². The Morgan fingerprint density at radius 3 is 2.47 bits per heavy atom. The van der Waals surface area contributed by atoms with Gasteiger partial charge < -0.3 is 15.0 Å². The van der Waals surface area contributed by atoms with Crippen LogP contribution in [0.1, 0.15) is 69.7 Å². The van der Waals surface area contributed by atoms with Crippen LogP contribution < -0.4 is 5.32 Å². The van der Waals surface area contributed by atoms with E-state index in [1.807, 2.05) is 18.0 Å². The van der Waals surface area contributed by atoms with Gasteiger partial charge in [-0.1, -0.05) is 37.3 Å². The molecule has 186 valence electrons. The lowest BCUT2D eigenvalue weighted by Gasteiger charge is -2.31. The first kappa shape index (κ1) is 25.9. The van der Waals surface area contributed by atoms with Gasteiger partial charge in [0.25, 0.3) is 0 Å². The van der Waals surface area contributed by atoms with Crippen LogP contribution in [-0.4, -0.2) is 46.2 Å². The molecule has 1 fully saturated rings. The molecule has 1 N–H and O–H groups in total. The van der Waals surface area contributed by atoms with Gasteiger partial charge in [-0.2, -0.15) is 13.2 Å². The van der Waals surface area contributed by atoms with Crippen LogP contribution in [0.15, 0.2) is 36.5 Å². The molecule has 0 saturated carbocycles. The second-order valence-corrected chi connectivity index (χ2v) is 9.15. The summed E-state index contributed by atoms with van der Waals surface area (Å²) in [7, 11) is 0. The van der Waals surface area contributed by atoms with Gasteiger partial charge in [-0.3, -0.25) is 4.79 Å². The number of benzene rings is 1. The number of hydrogen-bond donors (Lipinski definition) is 1. The summed E-state index contributed by atoms with van der Waals surface area (Å²) in [5.41, 5.74) is 1.98. The number of nitrogens with one attached hydrogen (secondary N) is 1. The van der Waals surface area contributed by atoms with Crippen LogP contribution in [0.5, 0.6) is 0 Å². The zero-order chi connectivity index (χ0) is 24.9. The lowest BCUT2D eigenvalue weighted by molar-refractivity contribution is -0.146. The van der Waals surface area contributed by atoms with Gasteiger partial charge in [-0.25, -0.2) is 9.97 Å². The number of aromatic nitrogens is 2. The highest BCUT2D eigenvalue weighted by atomic mass is 19.4. The summed E-state index contributed by atoms with van der Waals surface area (Å²) in [4.78, 5) is 23.2. The third-order valence-electron chi connectivity index (χ3n) is 6.46. The standard InChI is InChI=1S/C16H24N4O2.C9H9F3/c1-4-14(21)20-10-13-12(16(20,2)3)9-17-15(19-13)18-11-5-7-22-8-6-11;1-7(9(10,11)12)8-5-3-2-4-6-8/h9,11H,4-8,10H2,1-3H3,(H,17,18,19);2-7H,1H3. The van der Waals surface area contributed by atoms with Gasteiger partial charge in [-0.15, -0.1) is 0 Å². The van der Waals surface area contributed by atoms with Crippen molar-refractivity contribution in [3.8, 4) is 0 Å². The van der Waals surface area contributed by atoms with Gasteiger partial charge in [0.15, 0.2) is 0 Å². The van der Waals surface area contributed by atoms with E-state index in [0.29, 0.717) is 30.5 Å². The molecule has 3 heterocycles. The molecule has 0 spiro atoms. The maximum Gasteiger partial charge on any atom is 0.395 e. The summed E-state index contributed by atoms with van der Waals surface area (Å²) in [6.45, 7) is 9.31. The zero-order valence-corrected chi connectivity index (χ0v) is 20.2. The number of halogens is 3. The van der Waals surface area contributed by atoms with Crippen molar-refractivity contribution in [1.29, 1.82) is 0 Å². The third kappa shape index (κ3) is 6.05. The Balaban J connectivity index is 0.000000229. The Bertz CT molecular complexity index is 960. The van der Waals surface area contributed by atoms with Gasteiger partial charge in [0.05, 0.1) is 23.7 Å². The molecule has 1 unspecified atom stereocenters. The topological polar surface area (TPSA) is 67.4 Å². The summed E-state index contributed by atoms with van der Waals surface area (Å²) in [6, 6.07) is 8.26. The second-order valence-electron chi connectivity index (χ2n) is 9.15. The van der Waals surface area contributed by atoms with Gasteiger partial charge in [-0.05, 0) is 39.2 Å². The Hall–Kier alpha value is -2.68. The normalized spacial score (nSPS) is 18.5. The predicted molar refractivity (Wildman–Crippen MR) is 124 cm³/mol. The molecule has 9 heteroatoms. The van der Waals surface area contributed by atoms with Crippen LogP contribution in [0.25, 0.3) is 0 Å². The van der Waals surface area contributed by atoms with Crippen molar-refractivity contribution < 1.29 is 22.7 Å². The number of hydrogen-bond acceptors (Lipinski definition) is 5. The third-order valence-corrected chi connectivity index (χ3v) is 6.46. The maximum absolute atomic E-state index is 12.1. The van der Waals surface area contributed by atoms with Crippen molar-refractivity contribution in [2.75, 3.05) is 18.5 Å². The fourth-order valence-electron chi connectivity index (χ4n) is 4.16. The first-order valence-electron chi connectivity index (χ1n) is 11.7.